The molecular weight excluding hydrogens is 494 g/mol. The molecule has 2 heterocycles. The summed E-state index contributed by atoms with van der Waals surface area (Å²) in [5.74, 6) is 0.638. The Morgan fingerprint density at radius 3 is 2.33 bits per heavy atom. The van der Waals surface area contributed by atoms with Crippen LogP contribution in [0.4, 0.5) is 4.79 Å². The zero-order valence-electron chi connectivity index (χ0n) is 23.6. The van der Waals surface area contributed by atoms with E-state index in [9.17, 15) is 14.4 Å². The minimum absolute atomic E-state index is 0.0678. The number of benzene rings is 2. The van der Waals surface area contributed by atoms with Gasteiger partial charge in [-0.15, -0.1) is 0 Å². The number of hydrogen-bond acceptors (Lipinski definition) is 5. The molecule has 0 bridgehead atoms. The molecule has 3 amide bonds. The third-order valence-electron chi connectivity index (χ3n) is 7.03. The first-order valence-corrected chi connectivity index (χ1v) is 13.6. The van der Waals surface area contributed by atoms with Gasteiger partial charge in [0.05, 0.1) is 0 Å². The van der Waals surface area contributed by atoms with Crippen LogP contribution in [0.2, 0.25) is 0 Å². The standard InChI is InChI=1S/C31H39N3O5/c1-6-33(20-17-32-22(2)35)28(36)24-13-11-23(12-14-24)26-21-31(38-27-10-8-7-9-25(26)27)15-18-34(19-16-31)29(37)39-30(3,4)5/h7-14,21H,6,15-20H2,1-5H3,(H,32,35). The van der Waals surface area contributed by atoms with E-state index in [2.05, 4.69) is 11.4 Å². The molecule has 4 rings (SSSR count). The molecule has 2 aromatic rings. The van der Waals surface area contributed by atoms with Gasteiger partial charge < -0.3 is 24.6 Å². The smallest absolute Gasteiger partial charge is 0.410 e. The molecule has 2 aliphatic rings. The highest BCUT2D eigenvalue weighted by atomic mass is 16.6. The fraction of sp³-hybridized carbons (Fsp3) is 0.452. The number of carbonyl (C=O) groups is 3. The third kappa shape index (κ3) is 6.80. The quantitative estimate of drug-likeness (QED) is 0.572. The van der Waals surface area contributed by atoms with E-state index < -0.39 is 11.2 Å². The molecule has 0 unspecified atom stereocenters. The van der Waals surface area contributed by atoms with Gasteiger partial charge in [0.1, 0.15) is 17.0 Å². The fourth-order valence-corrected chi connectivity index (χ4v) is 4.99. The first-order valence-electron chi connectivity index (χ1n) is 13.6. The maximum absolute atomic E-state index is 13.1. The van der Waals surface area contributed by atoms with Gasteiger partial charge in [0.25, 0.3) is 5.91 Å². The summed E-state index contributed by atoms with van der Waals surface area (Å²) in [6.07, 6.45) is 3.20. The monoisotopic (exact) mass is 533 g/mol. The lowest BCUT2D eigenvalue weighted by Crippen LogP contribution is -2.50. The predicted octanol–water partition coefficient (Wildman–Crippen LogP) is 4.88. The van der Waals surface area contributed by atoms with Crippen molar-refractivity contribution in [1.29, 1.82) is 0 Å². The molecule has 0 aliphatic carbocycles. The van der Waals surface area contributed by atoms with Gasteiger partial charge in [-0.05, 0) is 63.1 Å². The minimum atomic E-state index is -0.535. The molecule has 2 aliphatic heterocycles. The SMILES string of the molecule is CCN(CCNC(C)=O)C(=O)c1ccc(C2=CC3(CCN(C(=O)OC(C)(C)C)CC3)Oc3ccccc32)cc1. The molecule has 8 nitrogen and oxygen atoms in total. The second-order valence-corrected chi connectivity index (χ2v) is 11.1. The maximum Gasteiger partial charge on any atom is 0.410 e. The number of amides is 3. The number of nitrogens with one attached hydrogen (secondary N) is 1. The van der Waals surface area contributed by atoms with Gasteiger partial charge in [-0.25, -0.2) is 4.79 Å². The summed E-state index contributed by atoms with van der Waals surface area (Å²) in [5, 5.41) is 2.74. The highest BCUT2D eigenvalue weighted by molar-refractivity contribution is 5.95. The Kier molecular flexibility index (Phi) is 8.33. The zero-order valence-corrected chi connectivity index (χ0v) is 23.6. The van der Waals surface area contributed by atoms with E-state index in [4.69, 9.17) is 9.47 Å². The van der Waals surface area contributed by atoms with E-state index in [1.807, 2.05) is 76.2 Å². The molecule has 0 aromatic heterocycles. The van der Waals surface area contributed by atoms with Gasteiger partial charge in [-0.2, -0.15) is 0 Å². The van der Waals surface area contributed by atoms with Gasteiger partial charge in [-0.1, -0.05) is 30.3 Å². The molecule has 1 saturated heterocycles. The fourth-order valence-electron chi connectivity index (χ4n) is 4.99. The summed E-state index contributed by atoms with van der Waals surface area (Å²) in [6, 6.07) is 15.7. The minimum Gasteiger partial charge on any atom is -0.482 e. The van der Waals surface area contributed by atoms with Crippen LogP contribution in [0.25, 0.3) is 5.57 Å². The van der Waals surface area contributed by atoms with Crippen molar-refractivity contribution < 1.29 is 23.9 Å². The highest BCUT2D eigenvalue weighted by Crippen LogP contribution is 2.43. The van der Waals surface area contributed by atoms with Crippen LogP contribution in [0.1, 0.15) is 68.9 Å². The summed E-state index contributed by atoms with van der Waals surface area (Å²) >= 11 is 0. The number of hydrogen-bond donors (Lipinski definition) is 1. The topological polar surface area (TPSA) is 88.2 Å². The normalized spacial score (nSPS) is 16.0. The van der Waals surface area contributed by atoms with Gasteiger partial charge >= 0.3 is 6.09 Å². The highest BCUT2D eigenvalue weighted by Gasteiger charge is 2.40. The molecule has 2 aromatic carbocycles. The van der Waals surface area contributed by atoms with Gasteiger partial charge in [0, 0.05) is 63.6 Å². The van der Waals surface area contributed by atoms with Gasteiger partial charge in [0.15, 0.2) is 0 Å². The van der Waals surface area contributed by atoms with Gasteiger partial charge in [0.2, 0.25) is 5.91 Å². The van der Waals surface area contributed by atoms with Crippen LogP contribution in [-0.2, 0) is 9.53 Å². The van der Waals surface area contributed by atoms with Crippen molar-refractivity contribution in [3.8, 4) is 5.75 Å². The van der Waals surface area contributed by atoms with Crippen molar-refractivity contribution in [2.75, 3.05) is 32.7 Å². The molecule has 0 radical (unpaired) electrons. The number of likely N-dealkylation sites (N-methyl/N-ethyl adjacent to an activating group) is 1. The summed E-state index contributed by atoms with van der Waals surface area (Å²) in [6.45, 7) is 11.5. The van der Waals surface area contributed by atoms with Crippen LogP contribution in [-0.4, -0.2) is 71.6 Å². The molecule has 8 heteroatoms. The molecular formula is C31H39N3O5. The lowest BCUT2D eigenvalue weighted by Gasteiger charge is -2.43. The number of rotatable bonds is 6. The average molecular weight is 534 g/mol. The van der Waals surface area contributed by atoms with E-state index in [-0.39, 0.29) is 17.9 Å². The van der Waals surface area contributed by atoms with Crippen molar-refractivity contribution >= 4 is 23.5 Å². The molecule has 1 spiro atoms. The Morgan fingerprint density at radius 1 is 1.05 bits per heavy atom. The first-order chi connectivity index (χ1) is 18.5. The molecule has 1 fully saturated rings. The summed E-state index contributed by atoms with van der Waals surface area (Å²) in [4.78, 5) is 40.4. The Morgan fingerprint density at radius 2 is 1.72 bits per heavy atom. The number of nitrogens with zero attached hydrogens (tertiary/aromatic N) is 2. The Bertz CT molecular complexity index is 1240. The van der Waals surface area contributed by atoms with Crippen LogP contribution >= 0.6 is 0 Å². The Hall–Kier alpha value is -3.81. The number of para-hydroxylation sites is 1. The number of ether oxygens (including phenoxy) is 2. The van der Waals surface area contributed by atoms with Crippen molar-refractivity contribution in [1.82, 2.24) is 15.1 Å². The third-order valence-corrected chi connectivity index (χ3v) is 7.03. The van der Waals surface area contributed by atoms with E-state index >= 15 is 0 Å². The van der Waals surface area contributed by atoms with Crippen molar-refractivity contribution in [3.05, 3.63) is 71.3 Å². The van der Waals surface area contributed by atoms with Crippen LogP contribution in [0, 0.1) is 0 Å². The molecule has 208 valence electrons. The average Bonchev–Trinajstić information content (AvgIpc) is 2.90. The van der Waals surface area contributed by atoms with Crippen LogP contribution in [0.5, 0.6) is 5.75 Å². The Balaban J connectivity index is 1.54. The molecule has 39 heavy (non-hydrogen) atoms. The Labute approximate surface area is 231 Å². The van der Waals surface area contributed by atoms with Crippen LogP contribution < -0.4 is 10.1 Å². The number of likely N-dealkylation sites (tertiary alicyclic amines) is 1. The van der Waals surface area contributed by atoms with E-state index in [0.717, 1.165) is 22.4 Å². The summed E-state index contributed by atoms with van der Waals surface area (Å²) < 4.78 is 12.1. The first kappa shape index (κ1) is 28.2. The van der Waals surface area contributed by atoms with Crippen molar-refractivity contribution in [2.45, 2.75) is 58.7 Å². The van der Waals surface area contributed by atoms with Crippen LogP contribution in [0.15, 0.2) is 54.6 Å². The summed E-state index contributed by atoms with van der Waals surface area (Å²) in [5.41, 5.74) is 2.59. The maximum atomic E-state index is 13.1. The molecule has 1 N–H and O–H groups in total. The van der Waals surface area contributed by atoms with Crippen LogP contribution in [0.3, 0.4) is 0 Å². The number of carbonyl (C=O) groups excluding carboxylic acids is 3. The van der Waals surface area contributed by atoms with Crippen molar-refractivity contribution in [2.24, 2.45) is 0 Å². The molecule has 0 atom stereocenters. The second-order valence-electron chi connectivity index (χ2n) is 11.1. The van der Waals surface area contributed by atoms with E-state index in [1.54, 1.807) is 9.80 Å². The van der Waals surface area contributed by atoms with Crippen molar-refractivity contribution in [3.63, 3.8) is 0 Å². The lowest BCUT2D eigenvalue weighted by molar-refractivity contribution is -0.119. The largest absolute Gasteiger partial charge is 0.482 e. The van der Waals surface area contributed by atoms with Gasteiger partial charge in [-0.3, -0.25) is 9.59 Å². The predicted molar refractivity (Wildman–Crippen MR) is 151 cm³/mol. The molecule has 0 saturated carbocycles. The zero-order chi connectivity index (χ0) is 28.2. The number of piperidine rings is 1. The van der Waals surface area contributed by atoms with E-state index in [1.165, 1.54) is 6.92 Å². The summed E-state index contributed by atoms with van der Waals surface area (Å²) in [7, 11) is 0. The second kappa shape index (κ2) is 11.5. The number of fused-ring (bicyclic) bond motifs is 1. The lowest BCUT2D eigenvalue weighted by atomic mass is 9.83. The van der Waals surface area contributed by atoms with E-state index in [0.29, 0.717) is 51.1 Å².